The Morgan fingerprint density at radius 2 is 2.14 bits per heavy atom. The molecule has 1 aliphatic heterocycles. The van der Waals surface area contributed by atoms with Crippen molar-refractivity contribution in [3.63, 3.8) is 0 Å². The molecular formula is C13H17ClN4O3. The number of hydrogen-bond donors (Lipinski definition) is 2. The Morgan fingerprint density at radius 1 is 1.48 bits per heavy atom. The van der Waals surface area contributed by atoms with E-state index < -0.39 is 4.92 Å². The molecule has 114 valence electrons. The van der Waals surface area contributed by atoms with E-state index in [-0.39, 0.29) is 29.2 Å². The number of nitrogens with zero attached hydrogens (tertiary/aromatic N) is 2. The van der Waals surface area contributed by atoms with Crippen molar-refractivity contribution in [3.8, 4) is 0 Å². The predicted octanol–water partition coefficient (Wildman–Crippen LogP) is 1.61. The Labute approximate surface area is 127 Å². The van der Waals surface area contributed by atoms with E-state index in [9.17, 15) is 14.9 Å². The average Bonchev–Trinajstić information content (AvgIpc) is 2.43. The van der Waals surface area contributed by atoms with Crippen LogP contribution in [0.25, 0.3) is 0 Å². The second-order valence-electron chi connectivity index (χ2n) is 5.08. The molecule has 1 amide bonds. The van der Waals surface area contributed by atoms with Gasteiger partial charge in [-0.25, -0.2) is 0 Å². The quantitative estimate of drug-likeness (QED) is 0.649. The third-order valence-corrected chi connectivity index (χ3v) is 3.75. The van der Waals surface area contributed by atoms with E-state index in [0.717, 1.165) is 25.9 Å². The van der Waals surface area contributed by atoms with Crippen molar-refractivity contribution < 1.29 is 9.72 Å². The van der Waals surface area contributed by atoms with Crippen molar-refractivity contribution in [3.05, 3.63) is 33.3 Å². The molecule has 1 saturated heterocycles. The first-order chi connectivity index (χ1) is 9.95. The van der Waals surface area contributed by atoms with Gasteiger partial charge in [-0.05, 0) is 18.9 Å². The Balaban J connectivity index is 1.92. The van der Waals surface area contributed by atoms with Gasteiger partial charge in [0.25, 0.3) is 5.69 Å². The van der Waals surface area contributed by atoms with Crippen LogP contribution in [0.15, 0.2) is 18.2 Å². The van der Waals surface area contributed by atoms with Crippen LogP contribution in [0, 0.1) is 10.1 Å². The van der Waals surface area contributed by atoms with Crippen LogP contribution in [0.5, 0.6) is 0 Å². The molecule has 8 heteroatoms. The van der Waals surface area contributed by atoms with Gasteiger partial charge in [0, 0.05) is 31.3 Å². The summed E-state index contributed by atoms with van der Waals surface area (Å²) < 4.78 is 0. The van der Waals surface area contributed by atoms with Gasteiger partial charge in [-0.3, -0.25) is 19.8 Å². The maximum atomic E-state index is 12.0. The highest BCUT2D eigenvalue weighted by Crippen LogP contribution is 2.26. The van der Waals surface area contributed by atoms with Crippen LogP contribution >= 0.6 is 11.6 Å². The summed E-state index contributed by atoms with van der Waals surface area (Å²) in [4.78, 5) is 24.1. The molecule has 0 bridgehead atoms. The molecule has 0 spiro atoms. The van der Waals surface area contributed by atoms with Gasteiger partial charge in [0.1, 0.15) is 0 Å². The SMILES string of the molecule is NC1CCN(CC(=O)Nc2ccc([N+](=O)[O-])cc2Cl)CC1. The number of nitro groups is 1. The summed E-state index contributed by atoms with van der Waals surface area (Å²) in [6.07, 6.45) is 1.76. The predicted molar refractivity (Wildman–Crippen MR) is 80.4 cm³/mol. The first-order valence-corrected chi connectivity index (χ1v) is 7.05. The number of rotatable bonds is 4. The summed E-state index contributed by atoms with van der Waals surface area (Å²) in [5, 5.41) is 13.4. The van der Waals surface area contributed by atoms with E-state index >= 15 is 0 Å². The molecule has 0 aromatic heterocycles. The summed E-state index contributed by atoms with van der Waals surface area (Å²) in [6, 6.07) is 4.18. The number of hydrogen-bond acceptors (Lipinski definition) is 5. The summed E-state index contributed by atoms with van der Waals surface area (Å²) in [6.45, 7) is 1.85. The van der Waals surface area contributed by atoms with Crippen molar-refractivity contribution in [1.29, 1.82) is 0 Å². The van der Waals surface area contributed by atoms with E-state index in [0.29, 0.717) is 5.69 Å². The highest BCUT2D eigenvalue weighted by molar-refractivity contribution is 6.34. The third kappa shape index (κ3) is 4.38. The van der Waals surface area contributed by atoms with Crippen LogP contribution in [0.1, 0.15) is 12.8 Å². The minimum atomic E-state index is -0.533. The summed E-state index contributed by atoms with van der Waals surface area (Å²) in [5.74, 6) is -0.193. The fourth-order valence-electron chi connectivity index (χ4n) is 2.22. The normalized spacial score (nSPS) is 16.7. The van der Waals surface area contributed by atoms with Gasteiger partial charge in [-0.15, -0.1) is 0 Å². The number of anilines is 1. The Hall–Kier alpha value is -1.70. The number of halogens is 1. The largest absolute Gasteiger partial charge is 0.328 e. The van der Waals surface area contributed by atoms with E-state index in [1.165, 1.54) is 18.2 Å². The number of nitrogens with two attached hydrogens (primary N) is 1. The zero-order valence-electron chi connectivity index (χ0n) is 11.4. The van der Waals surface area contributed by atoms with Crippen LogP contribution in [0.3, 0.4) is 0 Å². The van der Waals surface area contributed by atoms with Gasteiger partial charge >= 0.3 is 0 Å². The fraction of sp³-hybridized carbons (Fsp3) is 0.462. The lowest BCUT2D eigenvalue weighted by Crippen LogP contribution is -2.43. The molecule has 1 aromatic rings. The molecule has 7 nitrogen and oxygen atoms in total. The van der Waals surface area contributed by atoms with E-state index in [2.05, 4.69) is 5.32 Å². The molecule has 1 fully saturated rings. The smallest absolute Gasteiger partial charge is 0.271 e. The van der Waals surface area contributed by atoms with Gasteiger partial charge in [0.2, 0.25) is 5.91 Å². The van der Waals surface area contributed by atoms with Crippen LogP contribution < -0.4 is 11.1 Å². The highest BCUT2D eigenvalue weighted by Gasteiger charge is 2.19. The molecule has 3 N–H and O–H groups in total. The van der Waals surface area contributed by atoms with Gasteiger partial charge in [0.15, 0.2) is 0 Å². The van der Waals surface area contributed by atoms with Crippen molar-refractivity contribution in [2.24, 2.45) is 5.73 Å². The molecule has 21 heavy (non-hydrogen) atoms. The maximum Gasteiger partial charge on any atom is 0.271 e. The number of non-ortho nitro benzene ring substituents is 1. The van der Waals surface area contributed by atoms with Crippen LogP contribution in [-0.4, -0.2) is 41.4 Å². The maximum absolute atomic E-state index is 12.0. The van der Waals surface area contributed by atoms with Crippen molar-refractivity contribution in [2.75, 3.05) is 25.0 Å². The van der Waals surface area contributed by atoms with Gasteiger partial charge in [0.05, 0.1) is 22.2 Å². The zero-order valence-corrected chi connectivity index (χ0v) is 12.2. The molecule has 0 unspecified atom stereocenters. The van der Waals surface area contributed by atoms with Gasteiger partial charge < -0.3 is 11.1 Å². The number of nitrogens with one attached hydrogen (secondary N) is 1. The van der Waals surface area contributed by atoms with Crippen LogP contribution in [-0.2, 0) is 4.79 Å². The minimum absolute atomic E-state index is 0.108. The molecule has 0 radical (unpaired) electrons. The van der Waals surface area contributed by atoms with Crippen molar-refractivity contribution >= 4 is 28.9 Å². The molecule has 1 aliphatic rings. The van der Waals surface area contributed by atoms with E-state index in [1.54, 1.807) is 0 Å². The van der Waals surface area contributed by atoms with E-state index in [1.807, 2.05) is 4.90 Å². The number of likely N-dealkylation sites (tertiary alicyclic amines) is 1. The van der Waals surface area contributed by atoms with Gasteiger partial charge in [-0.1, -0.05) is 11.6 Å². The zero-order chi connectivity index (χ0) is 15.4. The Kier molecular flexibility index (Phi) is 5.11. The number of carbonyl (C=O) groups excluding carboxylic acids is 1. The first kappa shape index (κ1) is 15.7. The standard InChI is InChI=1S/C13H17ClN4O3/c14-11-7-10(18(20)21)1-2-12(11)16-13(19)8-17-5-3-9(15)4-6-17/h1-2,7,9H,3-6,8,15H2,(H,16,19). The molecule has 1 aromatic carbocycles. The molecule has 1 heterocycles. The second kappa shape index (κ2) is 6.84. The number of amides is 1. The highest BCUT2D eigenvalue weighted by atomic mass is 35.5. The second-order valence-corrected chi connectivity index (χ2v) is 5.49. The minimum Gasteiger partial charge on any atom is -0.328 e. The Morgan fingerprint density at radius 3 is 2.71 bits per heavy atom. The lowest BCUT2D eigenvalue weighted by molar-refractivity contribution is -0.384. The van der Waals surface area contributed by atoms with Crippen LogP contribution in [0.4, 0.5) is 11.4 Å². The first-order valence-electron chi connectivity index (χ1n) is 6.67. The molecule has 0 atom stereocenters. The average molecular weight is 313 g/mol. The third-order valence-electron chi connectivity index (χ3n) is 3.44. The number of benzene rings is 1. The summed E-state index contributed by atoms with van der Waals surface area (Å²) in [7, 11) is 0. The Bertz CT molecular complexity index is 544. The summed E-state index contributed by atoms with van der Waals surface area (Å²) in [5.41, 5.74) is 6.08. The lowest BCUT2D eigenvalue weighted by atomic mass is 10.1. The molecule has 2 rings (SSSR count). The van der Waals surface area contributed by atoms with Gasteiger partial charge in [-0.2, -0.15) is 0 Å². The van der Waals surface area contributed by atoms with E-state index in [4.69, 9.17) is 17.3 Å². The van der Waals surface area contributed by atoms with Crippen molar-refractivity contribution in [2.45, 2.75) is 18.9 Å². The monoisotopic (exact) mass is 312 g/mol. The summed E-state index contributed by atoms with van der Waals surface area (Å²) >= 11 is 5.93. The number of nitro benzene ring substituents is 1. The number of piperidine rings is 1. The van der Waals surface area contributed by atoms with Crippen molar-refractivity contribution in [1.82, 2.24) is 4.90 Å². The fourth-order valence-corrected chi connectivity index (χ4v) is 2.44. The lowest BCUT2D eigenvalue weighted by Gasteiger charge is -2.29. The molecule has 0 aliphatic carbocycles. The number of carbonyl (C=O) groups is 1. The molecular weight excluding hydrogens is 296 g/mol. The topological polar surface area (TPSA) is 102 Å². The van der Waals surface area contributed by atoms with Crippen LogP contribution in [0.2, 0.25) is 5.02 Å². The molecule has 0 saturated carbocycles.